The first-order valence-corrected chi connectivity index (χ1v) is 11.7. The van der Waals surface area contributed by atoms with Gasteiger partial charge >= 0.3 is 11.3 Å². The maximum Gasteiger partial charge on any atom is 0.367 e. The third kappa shape index (κ3) is 8.81. The number of methoxy groups -OCH3 is 2. The molecular weight excluding hydrogens is 442 g/mol. The van der Waals surface area contributed by atoms with Crippen molar-refractivity contribution in [2.45, 2.75) is 38.8 Å². The fraction of sp³-hybridized carbons (Fsp3) is 0.400. The fourth-order valence-corrected chi connectivity index (χ4v) is 3.86. The van der Waals surface area contributed by atoms with E-state index in [2.05, 4.69) is 5.32 Å². The number of rotatable bonds is 11. The summed E-state index contributed by atoms with van der Waals surface area (Å²) in [7, 11) is 2.83. The number of esters is 1. The third-order valence-electron chi connectivity index (χ3n) is 4.91. The highest BCUT2D eigenvalue weighted by molar-refractivity contribution is 8.13. The van der Waals surface area contributed by atoms with E-state index < -0.39 is 23.2 Å². The predicted octanol–water partition coefficient (Wildman–Crippen LogP) is 4.55. The number of amides is 1. The summed E-state index contributed by atoms with van der Waals surface area (Å²) in [6, 6.07) is 15.6. The van der Waals surface area contributed by atoms with Crippen molar-refractivity contribution in [1.82, 2.24) is 5.32 Å². The van der Waals surface area contributed by atoms with Gasteiger partial charge in [-0.1, -0.05) is 56.3 Å². The second kappa shape index (κ2) is 13.5. The van der Waals surface area contributed by atoms with E-state index in [-0.39, 0.29) is 24.2 Å². The number of benzene rings is 2. The Kier molecular flexibility index (Phi) is 10.8. The summed E-state index contributed by atoms with van der Waals surface area (Å²) in [6.45, 7) is 4.19. The van der Waals surface area contributed by atoms with Gasteiger partial charge in [0.2, 0.25) is 5.91 Å². The highest BCUT2D eigenvalue weighted by Gasteiger charge is 2.28. The van der Waals surface area contributed by atoms with Crippen LogP contribution in [0.25, 0.3) is 0 Å². The number of ether oxygens (including phenoxy) is 3. The number of nitrogens with one attached hydrogen (secondary N) is 1. The second-order valence-electron chi connectivity index (χ2n) is 7.87. The lowest BCUT2D eigenvalue weighted by molar-refractivity contribution is -0.144. The molecule has 2 aromatic carbocycles. The van der Waals surface area contributed by atoms with Crippen LogP contribution in [0, 0.1) is 5.92 Å². The van der Waals surface area contributed by atoms with Crippen LogP contribution in [0.5, 0.6) is 5.75 Å². The first-order chi connectivity index (χ1) is 15.8. The average Bonchev–Trinajstić information content (AvgIpc) is 2.83. The molecule has 1 unspecified atom stereocenters. The Balaban J connectivity index is 2.02. The number of thioether (sulfide) groups is 1. The highest BCUT2D eigenvalue weighted by atomic mass is 32.2. The summed E-state index contributed by atoms with van der Waals surface area (Å²) in [5, 5.41) is 2.22. The molecule has 0 aliphatic heterocycles. The molecule has 0 bridgehead atoms. The lowest BCUT2D eigenvalue weighted by Crippen LogP contribution is -2.45. The molecule has 0 spiro atoms. The molecule has 8 heteroatoms. The topological polar surface area (TPSA) is 90.9 Å². The molecule has 0 saturated carbocycles. The first kappa shape index (κ1) is 26.3. The lowest BCUT2D eigenvalue weighted by Gasteiger charge is -2.23. The molecule has 1 N–H and O–H groups in total. The van der Waals surface area contributed by atoms with Crippen LogP contribution in [0.15, 0.2) is 54.6 Å². The van der Waals surface area contributed by atoms with Crippen LogP contribution in [0.4, 0.5) is 4.79 Å². The highest BCUT2D eigenvalue weighted by Crippen LogP contribution is 2.26. The van der Waals surface area contributed by atoms with Gasteiger partial charge < -0.3 is 19.5 Å². The minimum absolute atomic E-state index is 0.00302. The Bertz CT molecular complexity index is 901. The molecule has 1 amide bonds. The first-order valence-electron chi connectivity index (χ1n) is 10.7. The summed E-state index contributed by atoms with van der Waals surface area (Å²) in [4.78, 5) is 37.6. The van der Waals surface area contributed by atoms with E-state index in [0.29, 0.717) is 12.2 Å². The Morgan fingerprint density at radius 1 is 0.970 bits per heavy atom. The van der Waals surface area contributed by atoms with Crippen LogP contribution in [0.2, 0.25) is 0 Å². The largest absolute Gasteiger partial charge is 0.497 e. The van der Waals surface area contributed by atoms with Gasteiger partial charge in [0.05, 0.1) is 20.1 Å². The third-order valence-corrected chi connectivity index (χ3v) is 5.76. The fourth-order valence-electron chi connectivity index (χ4n) is 3.19. The quantitative estimate of drug-likeness (QED) is 0.479. The van der Waals surface area contributed by atoms with Gasteiger partial charge in [0.1, 0.15) is 18.4 Å². The number of hydrogen-bond donors (Lipinski definition) is 1. The second-order valence-corrected chi connectivity index (χ2v) is 8.83. The summed E-state index contributed by atoms with van der Waals surface area (Å²) in [6.07, 6.45) is 0.596. The van der Waals surface area contributed by atoms with Crippen molar-refractivity contribution in [3.05, 3.63) is 65.7 Å². The number of hydrogen-bond acceptors (Lipinski definition) is 7. The molecule has 2 atom stereocenters. The molecule has 0 aromatic heterocycles. The SMILES string of the molecule is COC(=O)C(CSC(=O)OCc1ccccc1)NC(=O)[C@H](CC(C)C)c1ccc(OC)cc1. The Morgan fingerprint density at radius 3 is 2.21 bits per heavy atom. The van der Waals surface area contributed by atoms with Gasteiger partial charge in [-0.15, -0.1) is 0 Å². The minimum atomic E-state index is -0.982. The van der Waals surface area contributed by atoms with Crippen molar-refractivity contribution in [2.75, 3.05) is 20.0 Å². The molecule has 0 aliphatic rings. The van der Waals surface area contributed by atoms with Crippen molar-refractivity contribution < 1.29 is 28.6 Å². The van der Waals surface area contributed by atoms with E-state index in [1.54, 1.807) is 19.2 Å². The van der Waals surface area contributed by atoms with Gasteiger partial charge in [-0.05, 0) is 47.4 Å². The van der Waals surface area contributed by atoms with Gasteiger partial charge in [-0.25, -0.2) is 9.59 Å². The van der Waals surface area contributed by atoms with E-state index >= 15 is 0 Å². The molecule has 7 nitrogen and oxygen atoms in total. The zero-order valence-corrected chi connectivity index (χ0v) is 20.2. The molecule has 0 aliphatic carbocycles. The Morgan fingerprint density at radius 2 is 1.64 bits per heavy atom. The van der Waals surface area contributed by atoms with Gasteiger partial charge in [0.25, 0.3) is 0 Å². The predicted molar refractivity (Wildman–Crippen MR) is 128 cm³/mol. The molecular formula is C25H31NO6S. The summed E-state index contributed by atoms with van der Waals surface area (Å²) in [5.41, 5.74) is 1.68. The van der Waals surface area contributed by atoms with Crippen LogP contribution >= 0.6 is 11.8 Å². The van der Waals surface area contributed by atoms with E-state index in [9.17, 15) is 14.4 Å². The van der Waals surface area contributed by atoms with Crippen molar-refractivity contribution in [3.63, 3.8) is 0 Å². The van der Waals surface area contributed by atoms with Crippen LogP contribution < -0.4 is 10.1 Å². The smallest absolute Gasteiger partial charge is 0.367 e. The summed E-state index contributed by atoms with van der Waals surface area (Å²) < 4.78 is 15.3. The average molecular weight is 474 g/mol. The van der Waals surface area contributed by atoms with E-state index in [1.165, 1.54) is 7.11 Å². The molecule has 178 valence electrons. The molecule has 2 aromatic rings. The van der Waals surface area contributed by atoms with Crippen molar-refractivity contribution in [2.24, 2.45) is 5.92 Å². The minimum Gasteiger partial charge on any atom is -0.497 e. The van der Waals surface area contributed by atoms with E-state index in [1.807, 2.05) is 56.3 Å². The lowest BCUT2D eigenvalue weighted by atomic mass is 9.89. The maximum absolute atomic E-state index is 13.1. The van der Waals surface area contributed by atoms with E-state index in [0.717, 1.165) is 22.9 Å². The zero-order valence-electron chi connectivity index (χ0n) is 19.4. The molecule has 0 heterocycles. The number of carbonyl (C=O) groups is 3. The molecule has 2 rings (SSSR count). The number of carbonyl (C=O) groups excluding carboxylic acids is 3. The molecule has 0 fully saturated rings. The van der Waals surface area contributed by atoms with Gasteiger partial charge in [-0.3, -0.25) is 4.79 Å². The van der Waals surface area contributed by atoms with E-state index in [4.69, 9.17) is 14.2 Å². The standard InChI is InChI=1S/C25H31NO6S/c1-17(2)14-21(19-10-12-20(30-3)13-11-19)23(27)26-22(24(28)31-4)16-33-25(29)32-15-18-8-6-5-7-9-18/h5-13,17,21-22H,14-16H2,1-4H3,(H,26,27)/t21-,22?/m1/s1. The van der Waals surface area contributed by atoms with Crippen LogP contribution in [-0.4, -0.2) is 43.2 Å². The van der Waals surface area contributed by atoms with Crippen LogP contribution in [0.3, 0.4) is 0 Å². The normalized spacial score (nSPS) is 12.5. The molecule has 0 radical (unpaired) electrons. The zero-order chi connectivity index (χ0) is 24.2. The van der Waals surface area contributed by atoms with Gasteiger partial charge in [0.15, 0.2) is 0 Å². The van der Waals surface area contributed by atoms with Crippen LogP contribution in [0.1, 0.15) is 37.3 Å². The monoisotopic (exact) mass is 473 g/mol. The maximum atomic E-state index is 13.1. The van der Waals surface area contributed by atoms with Gasteiger partial charge in [0, 0.05) is 5.75 Å². The van der Waals surface area contributed by atoms with Crippen molar-refractivity contribution in [3.8, 4) is 5.75 Å². The van der Waals surface area contributed by atoms with Crippen molar-refractivity contribution >= 4 is 28.9 Å². The molecule has 33 heavy (non-hydrogen) atoms. The molecule has 0 saturated heterocycles. The Labute approximate surface area is 199 Å². The van der Waals surface area contributed by atoms with Crippen molar-refractivity contribution in [1.29, 1.82) is 0 Å². The summed E-state index contributed by atoms with van der Waals surface area (Å²) in [5.74, 6) is -0.435. The van der Waals surface area contributed by atoms with Crippen LogP contribution in [-0.2, 0) is 25.7 Å². The Hall–Kier alpha value is -3.00. The summed E-state index contributed by atoms with van der Waals surface area (Å²) >= 11 is 0.823. The van der Waals surface area contributed by atoms with Gasteiger partial charge in [-0.2, -0.15) is 0 Å².